The van der Waals surface area contributed by atoms with Crippen molar-refractivity contribution in [1.82, 2.24) is 0 Å². The first kappa shape index (κ1) is 23.6. The minimum Gasteiger partial charge on any atom is -0.488 e. The molecule has 0 unspecified atom stereocenters. The maximum absolute atomic E-state index is 7.89. The monoisotopic (exact) mass is 482 g/mol. The molecule has 8 nitrogen and oxygen atoms in total. The predicted octanol–water partition coefficient (Wildman–Crippen LogP) is 3.20. The van der Waals surface area contributed by atoms with E-state index >= 15 is 0 Å². The van der Waals surface area contributed by atoms with E-state index in [0.29, 0.717) is 35.5 Å². The second kappa shape index (κ2) is 9.49. The van der Waals surface area contributed by atoms with Crippen molar-refractivity contribution in [2.45, 2.75) is 37.1 Å². The van der Waals surface area contributed by atoms with Crippen LogP contribution >= 0.6 is 0 Å². The number of rotatable bonds is 6. The van der Waals surface area contributed by atoms with Gasteiger partial charge in [0.1, 0.15) is 35.4 Å². The van der Waals surface area contributed by atoms with Crippen LogP contribution < -0.4 is 32.4 Å². The van der Waals surface area contributed by atoms with Crippen molar-refractivity contribution in [3.05, 3.63) is 83.9 Å². The third-order valence-corrected chi connectivity index (χ3v) is 6.87. The number of benzene rings is 4. The molecule has 0 radical (unpaired) electrons. The molecule has 8 heteroatoms. The molecule has 10 N–H and O–H groups in total. The number of ether oxygens (including phenoxy) is 2. The molecule has 5 rings (SSSR count). The molecule has 36 heavy (non-hydrogen) atoms. The summed E-state index contributed by atoms with van der Waals surface area (Å²) in [6.07, 6.45) is 0.421. The van der Waals surface area contributed by atoms with Crippen molar-refractivity contribution >= 4 is 33.2 Å². The van der Waals surface area contributed by atoms with Crippen molar-refractivity contribution in [2.24, 2.45) is 22.9 Å². The van der Waals surface area contributed by atoms with E-state index in [1.807, 2.05) is 60.7 Å². The highest BCUT2D eigenvalue weighted by Crippen LogP contribution is 2.34. The zero-order valence-electron chi connectivity index (χ0n) is 19.8. The summed E-state index contributed by atoms with van der Waals surface area (Å²) in [7, 11) is 0. The Morgan fingerprint density at radius 1 is 0.583 bits per heavy atom. The van der Waals surface area contributed by atoms with Gasteiger partial charge in [0.25, 0.3) is 0 Å². The number of hydrogen-bond acceptors (Lipinski definition) is 6. The molecule has 0 heterocycles. The molecule has 1 fully saturated rings. The summed E-state index contributed by atoms with van der Waals surface area (Å²) in [6.45, 7) is 0. The summed E-state index contributed by atoms with van der Waals surface area (Å²) in [6, 6.07) is 22.2. The van der Waals surface area contributed by atoms with Gasteiger partial charge in [-0.3, -0.25) is 10.8 Å². The lowest BCUT2D eigenvalue weighted by molar-refractivity contribution is 0.0420. The van der Waals surface area contributed by atoms with E-state index < -0.39 is 0 Å². The van der Waals surface area contributed by atoms with E-state index in [1.54, 1.807) is 12.1 Å². The standard InChI is InChI=1S/C28H30N6O2/c29-21-13-22(30)26(36-24-12-10-20(28(33)34)16-6-2-4-8-18(16)24)14-25(21)35-23-11-9-19(27(31)32)15-5-1-3-7-17(15)23/h1-12,21-22,25-26H,13-14,29-30H2,(H3,31,32)(H3,33,34)/t21-,22+,25-,26+. The first-order valence-electron chi connectivity index (χ1n) is 11.9. The highest BCUT2D eigenvalue weighted by Gasteiger charge is 2.37. The van der Waals surface area contributed by atoms with Gasteiger partial charge < -0.3 is 32.4 Å². The number of amidine groups is 2. The second-order valence-corrected chi connectivity index (χ2v) is 9.25. The molecule has 4 aromatic carbocycles. The number of nitrogens with two attached hydrogens (primary N) is 4. The van der Waals surface area contributed by atoms with Gasteiger partial charge in [-0.05, 0) is 41.5 Å². The Bertz CT molecular complexity index is 1360. The van der Waals surface area contributed by atoms with Gasteiger partial charge in [0, 0.05) is 40.4 Å². The zero-order chi connectivity index (χ0) is 25.4. The first-order valence-corrected chi connectivity index (χ1v) is 11.9. The minimum absolute atomic E-state index is 0.00886. The molecule has 0 bridgehead atoms. The summed E-state index contributed by atoms with van der Waals surface area (Å²) >= 11 is 0. The molecular formula is C28H30N6O2. The fourth-order valence-electron chi connectivity index (χ4n) is 5.01. The van der Waals surface area contributed by atoms with Crippen molar-refractivity contribution < 1.29 is 9.47 Å². The summed E-state index contributed by atoms with van der Waals surface area (Å²) in [5.41, 5.74) is 25.9. The Labute approximate surface area is 209 Å². The van der Waals surface area contributed by atoms with Gasteiger partial charge in [0.2, 0.25) is 0 Å². The molecular weight excluding hydrogens is 452 g/mol. The molecule has 0 spiro atoms. The van der Waals surface area contributed by atoms with Gasteiger partial charge in [-0.1, -0.05) is 48.5 Å². The van der Waals surface area contributed by atoms with Crippen LogP contribution in [0.5, 0.6) is 11.5 Å². The average molecular weight is 483 g/mol. The Hall–Kier alpha value is -4.14. The summed E-state index contributed by atoms with van der Waals surface area (Å²) in [5.74, 6) is 1.38. The smallest absolute Gasteiger partial charge is 0.127 e. The normalized spacial score (nSPS) is 21.8. The second-order valence-electron chi connectivity index (χ2n) is 9.25. The van der Waals surface area contributed by atoms with E-state index in [-0.39, 0.29) is 36.0 Å². The highest BCUT2D eigenvalue weighted by atomic mass is 16.5. The summed E-state index contributed by atoms with van der Waals surface area (Å²) in [4.78, 5) is 0. The fraction of sp³-hybridized carbons (Fsp3) is 0.214. The Morgan fingerprint density at radius 2 is 0.972 bits per heavy atom. The van der Waals surface area contributed by atoms with Gasteiger partial charge in [-0.15, -0.1) is 0 Å². The van der Waals surface area contributed by atoms with Crippen LogP contribution in [0.2, 0.25) is 0 Å². The molecule has 1 aliphatic rings. The van der Waals surface area contributed by atoms with Gasteiger partial charge in [-0.2, -0.15) is 0 Å². The Kier molecular flexibility index (Phi) is 6.22. The summed E-state index contributed by atoms with van der Waals surface area (Å²) < 4.78 is 12.9. The molecule has 4 aromatic rings. The van der Waals surface area contributed by atoms with E-state index in [9.17, 15) is 0 Å². The van der Waals surface area contributed by atoms with Crippen LogP contribution in [0.3, 0.4) is 0 Å². The molecule has 0 aliphatic heterocycles. The minimum atomic E-state index is -0.316. The van der Waals surface area contributed by atoms with Gasteiger partial charge in [-0.25, -0.2) is 0 Å². The molecule has 1 aliphatic carbocycles. The first-order chi connectivity index (χ1) is 17.3. The topological polar surface area (TPSA) is 170 Å². The van der Waals surface area contributed by atoms with Crippen molar-refractivity contribution in [2.75, 3.05) is 0 Å². The Morgan fingerprint density at radius 3 is 1.36 bits per heavy atom. The maximum Gasteiger partial charge on any atom is 0.127 e. The lowest BCUT2D eigenvalue weighted by Gasteiger charge is -2.38. The summed E-state index contributed by atoms with van der Waals surface area (Å²) in [5, 5.41) is 19.2. The molecule has 0 saturated heterocycles. The van der Waals surface area contributed by atoms with Crippen LogP contribution in [0.15, 0.2) is 72.8 Å². The van der Waals surface area contributed by atoms with Crippen molar-refractivity contribution in [3.63, 3.8) is 0 Å². The van der Waals surface area contributed by atoms with Crippen molar-refractivity contribution in [1.29, 1.82) is 10.8 Å². The van der Waals surface area contributed by atoms with Crippen molar-refractivity contribution in [3.8, 4) is 11.5 Å². The van der Waals surface area contributed by atoms with Gasteiger partial charge in [0.05, 0.1) is 0 Å². The van der Waals surface area contributed by atoms with Crippen LogP contribution in [0, 0.1) is 10.8 Å². The van der Waals surface area contributed by atoms with Crippen LogP contribution in [-0.2, 0) is 0 Å². The van der Waals surface area contributed by atoms with E-state index in [2.05, 4.69) is 0 Å². The van der Waals surface area contributed by atoms with Gasteiger partial charge in [0.15, 0.2) is 0 Å². The molecule has 0 aromatic heterocycles. The number of nitrogens with one attached hydrogen (secondary N) is 2. The quantitative estimate of drug-likeness (QED) is 0.182. The molecule has 1 saturated carbocycles. The molecule has 4 atom stereocenters. The van der Waals surface area contributed by atoms with Crippen LogP contribution in [0.4, 0.5) is 0 Å². The lowest BCUT2D eigenvalue weighted by atomic mass is 9.86. The van der Waals surface area contributed by atoms with E-state index in [1.165, 1.54) is 0 Å². The maximum atomic E-state index is 7.89. The lowest BCUT2D eigenvalue weighted by Crippen LogP contribution is -2.56. The highest BCUT2D eigenvalue weighted by molar-refractivity contribution is 6.09. The van der Waals surface area contributed by atoms with E-state index in [0.717, 1.165) is 21.5 Å². The molecule has 0 amide bonds. The van der Waals surface area contributed by atoms with Crippen LogP contribution in [-0.4, -0.2) is 36.0 Å². The predicted molar refractivity (Wildman–Crippen MR) is 144 cm³/mol. The van der Waals surface area contributed by atoms with Crippen LogP contribution in [0.25, 0.3) is 21.5 Å². The molecule has 184 valence electrons. The third-order valence-electron chi connectivity index (χ3n) is 6.87. The fourth-order valence-corrected chi connectivity index (χ4v) is 5.01. The van der Waals surface area contributed by atoms with Gasteiger partial charge >= 0.3 is 0 Å². The number of hydrogen-bond donors (Lipinski definition) is 6. The largest absolute Gasteiger partial charge is 0.488 e. The third kappa shape index (κ3) is 4.32. The Balaban J connectivity index is 1.43. The average Bonchev–Trinajstić information content (AvgIpc) is 2.86. The van der Waals surface area contributed by atoms with Crippen LogP contribution in [0.1, 0.15) is 24.0 Å². The number of nitrogen functional groups attached to an aromatic ring is 2. The zero-order valence-corrected chi connectivity index (χ0v) is 19.8. The SMILES string of the molecule is N=C(N)c1ccc(O[C@H]2C[C@@H](Oc3ccc(C(=N)N)c4ccccc34)[C@H](N)C[C@@H]2N)c2ccccc12. The number of fused-ring (bicyclic) bond motifs is 2. The van der Waals surface area contributed by atoms with E-state index in [4.69, 9.17) is 43.2 Å².